The number of pyridine rings is 1. The number of rotatable bonds is 8. The quantitative estimate of drug-likeness (QED) is 0.414. The first kappa shape index (κ1) is 22.4. The number of benzene rings is 2. The Bertz CT molecular complexity index is 1160. The highest BCUT2D eigenvalue weighted by Crippen LogP contribution is 2.36. The monoisotopic (exact) mass is 437 g/mol. The van der Waals surface area contributed by atoms with Crippen molar-refractivity contribution in [2.24, 2.45) is 5.10 Å². The fraction of sp³-hybridized carbons (Fsp3) is 0.174. The zero-order valence-electron chi connectivity index (χ0n) is 17.9. The largest absolute Gasteiger partial charge is 0.502 e. The Hall–Kier alpha value is -4.27. The molecule has 0 saturated carbocycles. The molecule has 2 aromatic carbocycles. The van der Waals surface area contributed by atoms with Crippen LogP contribution in [-0.2, 0) is 6.54 Å². The standard InChI is InChI=1S/C23H23N3O6/c1-30-17-8-6-15(7-9-17)14-26-10-4-5-18(23(26)29)22(28)25-24-13-16-11-19(31-2)21(27)20(12-16)32-3/h4-13,27H,14H2,1-3H3,(H,25,28)/b24-13-. The molecule has 3 rings (SSSR count). The third kappa shape index (κ3) is 5.07. The Morgan fingerprint density at radius 2 is 1.72 bits per heavy atom. The first-order chi connectivity index (χ1) is 15.5. The van der Waals surface area contributed by atoms with E-state index in [0.717, 1.165) is 11.3 Å². The van der Waals surface area contributed by atoms with Crippen molar-refractivity contribution in [2.45, 2.75) is 6.54 Å². The maximum atomic E-state index is 12.7. The van der Waals surface area contributed by atoms with Gasteiger partial charge in [-0.3, -0.25) is 9.59 Å². The van der Waals surface area contributed by atoms with Crippen LogP contribution in [0.25, 0.3) is 0 Å². The molecule has 9 heteroatoms. The van der Waals surface area contributed by atoms with Crippen LogP contribution in [0.2, 0.25) is 0 Å². The van der Waals surface area contributed by atoms with Crippen molar-refractivity contribution in [1.82, 2.24) is 9.99 Å². The van der Waals surface area contributed by atoms with Crippen LogP contribution < -0.4 is 25.2 Å². The number of aromatic nitrogens is 1. The molecule has 9 nitrogen and oxygen atoms in total. The highest BCUT2D eigenvalue weighted by atomic mass is 16.5. The summed E-state index contributed by atoms with van der Waals surface area (Å²) in [6.07, 6.45) is 2.96. The number of methoxy groups -OCH3 is 3. The van der Waals surface area contributed by atoms with Crippen molar-refractivity contribution < 1.29 is 24.1 Å². The van der Waals surface area contributed by atoms with Gasteiger partial charge in [0.15, 0.2) is 11.5 Å². The number of amides is 1. The molecule has 1 aromatic heterocycles. The van der Waals surface area contributed by atoms with E-state index in [-0.39, 0.29) is 22.8 Å². The number of nitrogens with zero attached hydrogens (tertiary/aromatic N) is 2. The average Bonchev–Trinajstić information content (AvgIpc) is 2.81. The van der Waals surface area contributed by atoms with E-state index < -0.39 is 11.5 Å². The average molecular weight is 437 g/mol. The molecule has 0 atom stereocenters. The summed E-state index contributed by atoms with van der Waals surface area (Å²) in [5.41, 5.74) is 3.26. The molecule has 1 heterocycles. The van der Waals surface area contributed by atoms with Crippen LogP contribution >= 0.6 is 0 Å². The first-order valence-electron chi connectivity index (χ1n) is 9.57. The topological polar surface area (TPSA) is 111 Å². The molecule has 0 unspecified atom stereocenters. The van der Waals surface area contributed by atoms with Crippen LogP contribution in [-0.4, -0.2) is 43.1 Å². The van der Waals surface area contributed by atoms with Gasteiger partial charge in [0, 0.05) is 11.8 Å². The molecule has 166 valence electrons. The molecule has 0 bridgehead atoms. The summed E-state index contributed by atoms with van der Waals surface area (Å²) in [5, 5.41) is 13.8. The molecule has 0 aliphatic rings. The number of phenols is 1. The van der Waals surface area contributed by atoms with E-state index in [9.17, 15) is 14.7 Å². The van der Waals surface area contributed by atoms with Gasteiger partial charge in [0.25, 0.3) is 11.5 Å². The van der Waals surface area contributed by atoms with Crippen LogP contribution in [0.5, 0.6) is 23.0 Å². The lowest BCUT2D eigenvalue weighted by molar-refractivity contribution is 0.0953. The van der Waals surface area contributed by atoms with Crippen LogP contribution in [0.1, 0.15) is 21.5 Å². The van der Waals surface area contributed by atoms with Gasteiger partial charge < -0.3 is 23.9 Å². The van der Waals surface area contributed by atoms with Crippen LogP contribution in [0.3, 0.4) is 0 Å². The zero-order chi connectivity index (χ0) is 23.1. The van der Waals surface area contributed by atoms with Gasteiger partial charge in [-0.2, -0.15) is 5.10 Å². The Balaban J connectivity index is 1.74. The lowest BCUT2D eigenvalue weighted by atomic mass is 10.2. The molecule has 0 saturated heterocycles. The van der Waals surface area contributed by atoms with E-state index in [4.69, 9.17) is 14.2 Å². The molecule has 0 radical (unpaired) electrons. The minimum absolute atomic E-state index is 0.0426. The minimum atomic E-state index is -0.645. The molecular formula is C23H23N3O6. The summed E-state index contributed by atoms with van der Waals surface area (Å²) in [7, 11) is 4.39. The summed E-state index contributed by atoms with van der Waals surface area (Å²) in [5.74, 6) is 0.324. The summed E-state index contributed by atoms with van der Waals surface area (Å²) in [4.78, 5) is 25.2. The van der Waals surface area contributed by atoms with E-state index >= 15 is 0 Å². The molecule has 0 aliphatic carbocycles. The van der Waals surface area contributed by atoms with Gasteiger partial charge in [0.2, 0.25) is 5.75 Å². The van der Waals surface area contributed by atoms with E-state index in [0.29, 0.717) is 12.1 Å². The molecule has 0 spiro atoms. The molecule has 32 heavy (non-hydrogen) atoms. The van der Waals surface area contributed by atoms with Gasteiger partial charge in [-0.05, 0) is 42.0 Å². The summed E-state index contributed by atoms with van der Waals surface area (Å²) in [6.45, 7) is 0.306. The van der Waals surface area contributed by atoms with Crippen molar-refractivity contribution >= 4 is 12.1 Å². The maximum Gasteiger partial charge on any atom is 0.276 e. The third-order valence-corrected chi connectivity index (χ3v) is 4.66. The second-order valence-corrected chi connectivity index (χ2v) is 6.68. The number of hydrazone groups is 1. The highest BCUT2D eigenvalue weighted by molar-refractivity contribution is 5.94. The van der Waals surface area contributed by atoms with Crippen molar-refractivity contribution in [1.29, 1.82) is 0 Å². The van der Waals surface area contributed by atoms with Gasteiger partial charge in [0.05, 0.1) is 34.1 Å². The van der Waals surface area contributed by atoms with Gasteiger partial charge in [-0.1, -0.05) is 12.1 Å². The second-order valence-electron chi connectivity index (χ2n) is 6.68. The molecule has 0 aliphatic heterocycles. The number of phenolic OH excluding ortho intramolecular Hbond substituents is 1. The van der Waals surface area contributed by atoms with Crippen LogP contribution in [0.15, 0.2) is 64.6 Å². The lowest BCUT2D eigenvalue weighted by Gasteiger charge is -2.09. The predicted molar refractivity (Wildman–Crippen MR) is 119 cm³/mol. The fourth-order valence-electron chi connectivity index (χ4n) is 2.98. The molecule has 1 amide bonds. The van der Waals surface area contributed by atoms with Crippen LogP contribution in [0, 0.1) is 0 Å². The Labute approximate surface area is 184 Å². The number of nitrogens with one attached hydrogen (secondary N) is 1. The second kappa shape index (κ2) is 10.2. The molecule has 3 aromatic rings. The van der Waals surface area contributed by atoms with E-state index in [1.54, 1.807) is 31.5 Å². The summed E-state index contributed by atoms with van der Waals surface area (Å²) >= 11 is 0. The first-order valence-corrected chi connectivity index (χ1v) is 9.57. The number of aromatic hydroxyl groups is 1. The van der Waals surface area contributed by atoms with E-state index in [2.05, 4.69) is 10.5 Å². The number of hydrogen-bond donors (Lipinski definition) is 2. The number of hydrogen-bond acceptors (Lipinski definition) is 7. The highest BCUT2D eigenvalue weighted by Gasteiger charge is 2.13. The van der Waals surface area contributed by atoms with Crippen molar-refractivity contribution in [3.05, 3.63) is 81.8 Å². The molecule has 2 N–H and O–H groups in total. The Morgan fingerprint density at radius 3 is 2.31 bits per heavy atom. The number of ether oxygens (including phenoxy) is 3. The third-order valence-electron chi connectivity index (χ3n) is 4.66. The van der Waals surface area contributed by atoms with Crippen molar-refractivity contribution in [3.63, 3.8) is 0 Å². The Morgan fingerprint density at radius 1 is 1.06 bits per heavy atom. The van der Waals surface area contributed by atoms with Gasteiger partial charge >= 0.3 is 0 Å². The summed E-state index contributed by atoms with van der Waals surface area (Å²) in [6, 6.07) is 13.4. The molecular weight excluding hydrogens is 414 g/mol. The van der Waals surface area contributed by atoms with Gasteiger partial charge in [-0.15, -0.1) is 0 Å². The smallest absolute Gasteiger partial charge is 0.276 e. The van der Waals surface area contributed by atoms with Crippen molar-refractivity contribution in [3.8, 4) is 23.0 Å². The normalized spacial score (nSPS) is 10.7. The maximum absolute atomic E-state index is 12.7. The summed E-state index contributed by atoms with van der Waals surface area (Å²) < 4.78 is 16.7. The minimum Gasteiger partial charge on any atom is -0.502 e. The van der Waals surface area contributed by atoms with Gasteiger partial charge in [0.1, 0.15) is 11.3 Å². The zero-order valence-corrected chi connectivity index (χ0v) is 17.9. The van der Waals surface area contributed by atoms with Crippen molar-refractivity contribution in [2.75, 3.05) is 21.3 Å². The van der Waals surface area contributed by atoms with Gasteiger partial charge in [-0.25, -0.2) is 5.43 Å². The number of carbonyl (C=O) groups excluding carboxylic acids is 1. The fourth-order valence-corrected chi connectivity index (χ4v) is 2.98. The van der Waals surface area contributed by atoms with E-state index in [1.807, 2.05) is 12.1 Å². The predicted octanol–water partition coefficient (Wildman–Crippen LogP) is 2.39. The SMILES string of the molecule is COc1ccc(Cn2cccc(C(=O)N/N=C\c3cc(OC)c(O)c(OC)c3)c2=O)cc1. The lowest BCUT2D eigenvalue weighted by Crippen LogP contribution is -2.30. The molecule has 0 fully saturated rings. The number of carbonyl (C=O) groups is 1. The van der Waals surface area contributed by atoms with Crippen LogP contribution in [0.4, 0.5) is 0 Å². The Kier molecular flexibility index (Phi) is 7.12. The van der Waals surface area contributed by atoms with E-state index in [1.165, 1.54) is 43.2 Å².